The number of amides is 3. The zero-order valence-corrected chi connectivity index (χ0v) is 36.4. The molecule has 0 aromatic rings. The molecule has 3 amide bonds. The summed E-state index contributed by atoms with van der Waals surface area (Å²) in [5, 5.41) is 125. The molecule has 13 unspecified atom stereocenters. The molecule has 0 spiro atoms. The predicted octanol–water partition coefficient (Wildman–Crippen LogP) is -2.65. The van der Waals surface area contributed by atoms with Gasteiger partial charge in [0.15, 0.2) is 12.2 Å². The number of aliphatic hydroxyl groups is 12. The molecule has 18 nitrogen and oxygen atoms in total. The first-order valence-electron chi connectivity index (χ1n) is 22.5. The Kier molecular flexibility index (Phi) is 18.8. The normalized spacial score (nSPS) is 35.5. The summed E-state index contributed by atoms with van der Waals surface area (Å²) in [6.45, 7) is 7.52. The number of fused-ring (bicyclic) bond motifs is 5. The zero-order chi connectivity index (χ0) is 45.6. The van der Waals surface area contributed by atoms with Gasteiger partial charge in [0.2, 0.25) is 5.91 Å². The van der Waals surface area contributed by atoms with E-state index >= 15 is 0 Å². The van der Waals surface area contributed by atoms with Crippen LogP contribution in [0.4, 0.5) is 0 Å². The quantitative estimate of drug-likeness (QED) is 0.0495. The second-order valence-electron chi connectivity index (χ2n) is 19.5. The van der Waals surface area contributed by atoms with Crippen molar-refractivity contribution in [2.45, 2.75) is 159 Å². The lowest BCUT2D eigenvalue weighted by molar-refractivity contribution is -0.190. The summed E-state index contributed by atoms with van der Waals surface area (Å²) in [4.78, 5) is 40.4. The number of nitrogens with zero attached hydrogens (tertiary/aromatic N) is 1. The van der Waals surface area contributed by atoms with Crippen molar-refractivity contribution in [1.29, 1.82) is 0 Å². The highest BCUT2D eigenvalue weighted by molar-refractivity contribution is 5.81. The minimum Gasteiger partial charge on any atom is -0.394 e. The molecular formula is C43H77N3O15. The van der Waals surface area contributed by atoms with Crippen LogP contribution in [-0.4, -0.2) is 184 Å². The van der Waals surface area contributed by atoms with Crippen molar-refractivity contribution in [2.24, 2.45) is 52.3 Å². The maximum Gasteiger partial charge on any atom is 0.251 e. The van der Waals surface area contributed by atoms with E-state index in [-0.39, 0.29) is 80.1 Å². The standard InChI is InChI=1S/C43H77N3O15/c1-22(26-8-9-27-33-23(2)17-24-18-25(49)11-12-42(24,3)28(33)19-31(52)43(26,27)4)7-10-32(53)46(15-5-13-44-40(60)38(58)36(56)34(54)29(50)20-47)16-6-14-45-41(61)39(59)37(57)35(55)30(51)21-48/h22-31,33-39,47-52,54-59H,5-21H2,1-4H3,(H,44,60)(H,45,61)/t22?,23-,24?,25-,26-,27?,28?,29?,30?,31+,33?,34?,35?,36?,37?,38?,39?,42+,43-/m1/s1. The Morgan fingerprint density at radius 2 is 1.25 bits per heavy atom. The van der Waals surface area contributed by atoms with E-state index in [1.807, 2.05) is 0 Å². The van der Waals surface area contributed by atoms with Crippen LogP contribution in [0, 0.1) is 52.3 Å². The van der Waals surface area contributed by atoms with Crippen molar-refractivity contribution >= 4 is 17.7 Å². The third-order valence-electron chi connectivity index (χ3n) is 15.9. The van der Waals surface area contributed by atoms with Gasteiger partial charge in [-0.15, -0.1) is 0 Å². The summed E-state index contributed by atoms with van der Waals surface area (Å²) >= 11 is 0. The largest absolute Gasteiger partial charge is 0.394 e. The molecule has 14 N–H and O–H groups in total. The smallest absolute Gasteiger partial charge is 0.251 e. The number of carbonyl (C=O) groups excluding carboxylic acids is 3. The van der Waals surface area contributed by atoms with Gasteiger partial charge in [0.1, 0.15) is 36.6 Å². The first-order chi connectivity index (χ1) is 28.6. The van der Waals surface area contributed by atoms with Gasteiger partial charge in [-0.3, -0.25) is 14.4 Å². The molecule has 354 valence electrons. The molecule has 19 atom stereocenters. The van der Waals surface area contributed by atoms with Crippen LogP contribution in [0.15, 0.2) is 0 Å². The van der Waals surface area contributed by atoms with Gasteiger partial charge in [-0.2, -0.15) is 0 Å². The number of hydrogen-bond acceptors (Lipinski definition) is 15. The van der Waals surface area contributed by atoms with Gasteiger partial charge in [0, 0.05) is 32.6 Å². The lowest BCUT2D eigenvalue weighted by Crippen LogP contribution is -2.60. The monoisotopic (exact) mass is 876 g/mol. The van der Waals surface area contributed by atoms with Gasteiger partial charge < -0.3 is 76.8 Å². The number of aliphatic hydroxyl groups excluding tert-OH is 12. The third kappa shape index (κ3) is 11.4. The number of rotatable bonds is 22. The highest BCUT2D eigenvalue weighted by Gasteiger charge is 2.65. The van der Waals surface area contributed by atoms with Crippen LogP contribution in [0.5, 0.6) is 0 Å². The highest BCUT2D eigenvalue weighted by Crippen LogP contribution is 2.69. The fraction of sp³-hybridized carbons (Fsp3) is 0.930. The molecular weight excluding hydrogens is 798 g/mol. The molecule has 0 aromatic carbocycles. The molecule has 0 heterocycles. The number of hydrogen-bond donors (Lipinski definition) is 14. The average molecular weight is 876 g/mol. The molecule has 4 saturated carbocycles. The average Bonchev–Trinajstić information content (AvgIpc) is 3.61. The summed E-state index contributed by atoms with van der Waals surface area (Å²) in [7, 11) is 0. The summed E-state index contributed by atoms with van der Waals surface area (Å²) in [6, 6.07) is 0. The molecule has 61 heavy (non-hydrogen) atoms. The van der Waals surface area contributed by atoms with E-state index in [0.717, 1.165) is 44.9 Å². The van der Waals surface area contributed by atoms with E-state index in [1.54, 1.807) is 4.90 Å². The number of nitrogens with one attached hydrogen (secondary N) is 2. The Balaban J connectivity index is 1.37. The number of carbonyl (C=O) groups is 3. The lowest BCUT2D eigenvalue weighted by Gasteiger charge is -2.64. The van der Waals surface area contributed by atoms with Gasteiger partial charge >= 0.3 is 0 Å². The topological polar surface area (TPSA) is 321 Å². The second kappa shape index (κ2) is 22.2. The van der Waals surface area contributed by atoms with Crippen molar-refractivity contribution in [2.75, 3.05) is 39.4 Å². The minimum atomic E-state index is -2.12. The second-order valence-corrected chi connectivity index (χ2v) is 19.5. The zero-order valence-electron chi connectivity index (χ0n) is 36.4. The maximum absolute atomic E-state index is 13.9. The molecule has 4 fully saturated rings. The Bertz CT molecular complexity index is 1380. The van der Waals surface area contributed by atoms with E-state index in [1.165, 1.54) is 0 Å². The van der Waals surface area contributed by atoms with Gasteiger partial charge in [0.25, 0.3) is 11.8 Å². The Hall–Kier alpha value is -2.07. The van der Waals surface area contributed by atoms with Crippen molar-refractivity contribution in [3.05, 3.63) is 0 Å². The fourth-order valence-corrected chi connectivity index (χ4v) is 12.1. The molecule has 18 heteroatoms. The van der Waals surface area contributed by atoms with E-state index < -0.39 is 80.0 Å². The fourth-order valence-electron chi connectivity index (χ4n) is 12.1. The molecule has 4 rings (SSSR count). The van der Waals surface area contributed by atoms with Gasteiger partial charge in [-0.05, 0) is 116 Å². The highest BCUT2D eigenvalue weighted by atomic mass is 16.4. The third-order valence-corrected chi connectivity index (χ3v) is 15.9. The van der Waals surface area contributed by atoms with Crippen LogP contribution in [0.3, 0.4) is 0 Å². The Morgan fingerprint density at radius 1 is 0.721 bits per heavy atom. The molecule has 0 aromatic heterocycles. The molecule has 0 saturated heterocycles. The van der Waals surface area contributed by atoms with Gasteiger partial charge in [-0.25, -0.2) is 0 Å². The van der Waals surface area contributed by atoms with Gasteiger partial charge in [-0.1, -0.05) is 27.7 Å². The first-order valence-corrected chi connectivity index (χ1v) is 22.5. The molecule has 0 radical (unpaired) electrons. The van der Waals surface area contributed by atoms with Crippen LogP contribution < -0.4 is 10.6 Å². The van der Waals surface area contributed by atoms with Crippen molar-refractivity contribution in [3.63, 3.8) is 0 Å². The van der Waals surface area contributed by atoms with Crippen LogP contribution in [0.25, 0.3) is 0 Å². The van der Waals surface area contributed by atoms with E-state index in [4.69, 9.17) is 10.2 Å². The van der Waals surface area contributed by atoms with Crippen LogP contribution in [0.2, 0.25) is 0 Å². The van der Waals surface area contributed by atoms with Crippen LogP contribution in [-0.2, 0) is 14.4 Å². The minimum absolute atomic E-state index is 0.0507. The van der Waals surface area contributed by atoms with E-state index in [0.29, 0.717) is 36.0 Å². The van der Waals surface area contributed by atoms with E-state index in [2.05, 4.69) is 38.3 Å². The summed E-state index contributed by atoms with van der Waals surface area (Å²) in [6.07, 6.45) is -9.08. The molecule has 0 aliphatic heterocycles. The Labute approximate surface area is 359 Å². The van der Waals surface area contributed by atoms with Crippen molar-refractivity contribution in [1.82, 2.24) is 15.5 Å². The van der Waals surface area contributed by atoms with Crippen molar-refractivity contribution < 1.29 is 75.7 Å². The van der Waals surface area contributed by atoms with Gasteiger partial charge in [0.05, 0.1) is 25.4 Å². The lowest BCUT2D eigenvalue weighted by atomic mass is 9.42. The SMILES string of the molecule is CC(CCC(=O)N(CCCNC(=O)C(O)C(O)C(O)C(O)CO)CCCNC(=O)C(O)C(O)C(O)C(O)CO)[C@H]1CCC2C3C(C[C@H](O)[C@@]21C)[C@@]1(C)CC[C@@H](O)CC1C[C@H]3C. The summed E-state index contributed by atoms with van der Waals surface area (Å²) in [5.41, 5.74) is -0.204. The summed E-state index contributed by atoms with van der Waals surface area (Å²) < 4.78 is 0. The van der Waals surface area contributed by atoms with Crippen LogP contribution >= 0.6 is 0 Å². The Morgan fingerprint density at radius 3 is 1.75 bits per heavy atom. The van der Waals surface area contributed by atoms with Crippen molar-refractivity contribution in [3.8, 4) is 0 Å². The molecule has 4 aliphatic carbocycles. The summed E-state index contributed by atoms with van der Waals surface area (Å²) in [5.74, 6) is 0.218. The maximum atomic E-state index is 13.9. The van der Waals surface area contributed by atoms with Crippen LogP contribution in [0.1, 0.15) is 98.3 Å². The first kappa shape index (κ1) is 51.6. The van der Waals surface area contributed by atoms with E-state index in [9.17, 15) is 65.4 Å². The molecule has 4 aliphatic rings. The molecule has 0 bridgehead atoms. The predicted molar refractivity (Wildman–Crippen MR) is 220 cm³/mol.